The summed E-state index contributed by atoms with van der Waals surface area (Å²) in [6.45, 7) is 4.96. The van der Waals surface area contributed by atoms with Crippen LogP contribution in [-0.2, 0) is 6.54 Å². The normalized spacial score (nSPS) is 23.0. The third kappa shape index (κ3) is 3.68. The monoisotopic (exact) mass is 302 g/mol. The Hall–Kier alpha value is -1.39. The van der Waals surface area contributed by atoms with Gasteiger partial charge in [0.1, 0.15) is 0 Å². The van der Waals surface area contributed by atoms with Crippen LogP contribution in [0.15, 0.2) is 24.3 Å². The molecule has 120 valence electrons. The molecule has 1 N–H and O–H groups in total. The first kappa shape index (κ1) is 15.5. The largest absolute Gasteiger partial charge is 0.396 e. The van der Waals surface area contributed by atoms with Gasteiger partial charge in [0.15, 0.2) is 0 Å². The summed E-state index contributed by atoms with van der Waals surface area (Å²) in [4.78, 5) is 17.0. The van der Waals surface area contributed by atoms with E-state index < -0.39 is 0 Å². The van der Waals surface area contributed by atoms with Crippen molar-refractivity contribution in [2.75, 3.05) is 32.8 Å². The highest BCUT2D eigenvalue weighted by Crippen LogP contribution is 2.19. The predicted octanol–water partition coefficient (Wildman–Crippen LogP) is 2.13. The second-order valence-corrected chi connectivity index (χ2v) is 6.63. The van der Waals surface area contributed by atoms with Gasteiger partial charge >= 0.3 is 0 Å². The van der Waals surface area contributed by atoms with Crippen LogP contribution in [0, 0.1) is 5.92 Å². The van der Waals surface area contributed by atoms with E-state index in [1.54, 1.807) is 0 Å². The van der Waals surface area contributed by atoms with Gasteiger partial charge in [-0.05, 0) is 62.4 Å². The van der Waals surface area contributed by atoms with Crippen molar-refractivity contribution in [1.29, 1.82) is 0 Å². The quantitative estimate of drug-likeness (QED) is 0.926. The minimum absolute atomic E-state index is 0.112. The second kappa shape index (κ2) is 7.25. The molecule has 2 saturated heterocycles. The first-order chi connectivity index (χ1) is 10.8. The van der Waals surface area contributed by atoms with Crippen molar-refractivity contribution in [3.63, 3.8) is 0 Å². The number of amides is 1. The van der Waals surface area contributed by atoms with Crippen molar-refractivity contribution >= 4 is 5.91 Å². The number of nitrogens with zero attached hydrogens (tertiary/aromatic N) is 2. The summed E-state index contributed by atoms with van der Waals surface area (Å²) >= 11 is 0. The summed E-state index contributed by atoms with van der Waals surface area (Å²) in [7, 11) is 0. The number of aliphatic hydroxyl groups excluding tert-OH is 1. The molecule has 1 unspecified atom stereocenters. The number of piperidine rings is 1. The van der Waals surface area contributed by atoms with Gasteiger partial charge in [-0.25, -0.2) is 0 Å². The zero-order chi connectivity index (χ0) is 15.4. The first-order valence-corrected chi connectivity index (χ1v) is 8.47. The molecule has 2 aliphatic heterocycles. The second-order valence-electron chi connectivity index (χ2n) is 6.63. The Morgan fingerprint density at radius 2 is 2.00 bits per heavy atom. The number of likely N-dealkylation sites (tertiary alicyclic amines) is 2. The zero-order valence-electron chi connectivity index (χ0n) is 13.2. The molecular formula is C18H26N2O2. The fraction of sp³-hybridized carbons (Fsp3) is 0.611. The van der Waals surface area contributed by atoms with E-state index in [9.17, 15) is 9.90 Å². The number of hydrogen-bond acceptors (Lipinski definition) is 3. The van der Waals surface area contributed by atoms with Crippen molar-refractivity contribution < 1.29 is 9.90 Å². The van der Waals surface area contributed by atoms with Crippen LogP contribution in [0.2, 0.25) is 0 Å². The van der Waals surface area contributed by atoms with Gasteiger partial charge in [0.25, 0.3) is 5.91 Å². The van der Waals surface area contributed by atoms with Crippen molar-refractivity contribution in [3.05, 3.63) is 35.4 Å². The summed E-state index contributed by atoms with van der Waals surface area (Å²) in [6, 6.07) is 8.07. The summed E-state index contributed by atoms with van der Waals surface area (Å²) in [5, 5.41) is 9.32. The molecule has 22 heavy (non-hydrogen) atoms. The molecule has 0 aromatic heterocycles. The Bertz CT molecular complexity index is 512. The number of carbonyl (C=O) groups excluding carboxylic acids is 1. The minimum atomic E-state index is 0.112. The van der Waals surface area contributed by atoms with E-state index in [-0.39, 0.29) is 18.4 Å². The summed E-state index contributed by atoms with van der Waals surface area (Å²) in [5.74, 6) is 0.354. The molecule has 2 aliphatic rings. The van der Waals surface area contributed by atoms with Crippen molar-refractivity contribution in [1.82, 2.24) is 9.80 Å². The Labute approximate surface area is 132 Å². The molecule has 4 heteroatoms. The van der Waals surface area contributed by atoms with Gasteiger partial charge in [0, 0.05) is 31.8 Å². The molecular weight excluding hydrogens is 276 g/mol. The Balaban J connectivity index is 1.66. The van der Waals surface area contributed by atoms with E-state index in [4.69, 9.17) is 0 Å². The Morgan fingerprint density at radius 1 is 1.18 bits per heavy atom. The topological polar surface area (TPSA) is 43.8 Å². The van der Waals surface area contributed by atoms with Gasteiger partial charge < -0.3 is 10.0 Å². The maximum absolute atomic E-state index is 12.7. The Kier molecular flexibility index (Phi) is 5.11. The summed E-state index contributed by atoms with van der Waals surface area (Å²) in [5.41, 5.74) is 2.01. The predicted molar refractivity (Wildman–Crippen MR) is 86.7 cm³/mol. The third-order valence-corrected chi connectivity index (χ3v) is 4.84. The van der Waals surface area contributed by atoms with Crippen LogP contribution in [0.4, 0.5) is 0 Å². The zero-order valence-corrected chi connectivity index (χ0v) is 13.2. The van der Waals surface area contributed by atoms with E-state index in [2.05, 4.69) is 11.0 Å². The van der Waals surface area contributed by atoms with Gasteiger partial charge in [-0.1, -0.05) is 12.1 Å². The summed E-state index contributed by atoms with van der Waals surface area (Å²) < 4.78 is 0. The van der Waals surface area contributed by atoms with Gasteiger partial charge in [-0.15, -0.1) is 0 Å². The van der Waals surface area contributed by atoms with Gasteiger partial charge in [0.05, 0.1) is 0 Å². The Morgan fingerprint density at radius 3 is 2.77 bits per heavy atom. The molecule has 1 amide bonds. The van der Waals surface area contributed by atoms with Crippen LogP contribution < -0.4 is 0 Å². The lowest BCUT2D eigenvalue weighted by molar-refractivity contribution is 0.0620. The molecule has 0 radical (unpaired) electrons. The molecule has 0 spiro atoms. The van der Waals surface area contributed by atoms with Gasteiger partial charge in [-0.2, -0.15) is 0 Å². The number of hydrogen-bond donors (Lipinski definition) is 1. The maximum atomic E-state index is 12.7. The molecule has 2 fully saturated rings. The average molecular weight is 302 g/mol. The highest BCUT2D eigenvalue weighted by atomic mass is 16.3. The molecule has 3 rings (SSSR count). The maximum Gasteiger partial charge on any atom is 0.253 e. The fourth-order valence-corrected chi connectivity index (χ4v) is 3.58. The standard InChI is InChI=1S/C18H26N2O2/c21-14-16-6-4-10-20(13-16)18(22)17-7-3-5-15(11-17)12-19-8-1-2-9-19/h3,5,7,11,16,21H,1-2,4,6,8-10,12-14H2. The molecule has 1 aromatic rings. The van der Waals surface area contributed by atoms with Crippen molar-refractivity contribution in [2.24, 2.45) is 5.92 Å². The van der Waals surface area contributed by atoms with Crippen LogP contribution in [0.1, 0.15) is 41.6 Å². The number of benzene rings is 1. The van der Waals surface area contributed by atoms with Crippen LogP contribution in [0.3, 0.4) is 0 Å². The average Bonchev–Trinajstić information content (AvgIpc) is 3.07. The van der Waals surface area contributed by atoms with Crippen LogP contribution >= 0.6 is 0 Å². The van der Waals surface area contributed by atoms with Crippen molar-refractivity contribution in [2.45, 2.75) is 32.2 Å². The smallest absolute Gasteiger partial charge is 0.253 e. The number of rotatable bonds is 4. The third-order valence-electron chi connectivity index (χ3n) is 4.84. The highest BCUT2D eigenvalue weighted by Gasteiger charge is 2.24. The number of aliphatic hydroxyl groups is 1. The fourth-order valence-electron chi connectivity index (χ4n) is 3.58. The molecule has 2 heterocycles. The van der Waals surface area contributed by atoms with E-state index in [0.29, 0.717) is 6.54 Å². The van der Waals surface area contributed by atoms with Gasteiger partial charge in [0.2, 0.25) is 0 Å². The lowest BCUT2D eigenvalue weighted by atomic mass is 9.98. The molecule has 0 aliphatic carbocycles. The minimum Gasteiger partial charge on any atom is -0.396 e. The van der Waals surface area contributed by atoms with E-state index in [1.165, 1.54) is 31.5 Å². The molecule has 0 bridgehead atoms. The van der Waals surface area contributed by atoms with Gasteiger partial charge in [-0.3, -0.25) is 9.69 Å². The first-order valence-electron chi connectivity index (χ1n) is 8.47. The molecule has 4 nitrogen and oxygen atoms in total. The van der Waals surface area contributed by atoms with E-state index >= 15 is 0 Å². The van der Waals surface area contributed by atoms with Crippen molar-refractivity contribution in [3.8, 4) is 0 Å². The lowest BCUT2D eigenvalue weighted by Gasteiger charge is -2.32. The summed E-state index contributed by atoms with van der Waals surface area (Å²) in [6.07, 6.45) is 4.59. The molecule has 0 saturated carbocycles. The highest BCUT2D eigenvalue weighted by molar-refractivity contribution is 5.94. The molecule has 1 aromatic carbocycles. The van der Waals surface area contributed by atoms with E-state index in [1.807, 2.05) is 23.1 Å². The molecule has 1 atom stereocenters. The van der Waals surface area contributed by atoms with E-state index in [0.717, 1.165) is 31.5 Å². The number of carbonyl (C=O) groups is 1. The lowest BCUT2D eigenvalue weighted by Crippen LogP contribution is -2.41. The van der Waals surface area contributed by atoms with Crippen LogP contribution in [0.5, 0.6) is 0 Å². The van der Waals surface area contributed by atoms with Crippen LogP contribution in [0.25, 0.3) is 0 Å². The SMILES string of the molecule is O=C(c1cccc(CN2CCCC2)c1)N1CCCC(CO)C1. The van der Waals surface area contributed by atoms with Crippen LogP contribution in [-0.4, -0.2) is 53.6 Å².